The topological polar surface area (TPSA) is 63.3 Å². The van der Waals surface area contributed by atoms with Crippen LogP contribution in [-0.4, -0.2) is 16.6 Å². The van der Waals surface area contributed by atoms with Crippen LogP contribution in [0.1, 0.15) is 71.6 Å². The van der Waals surface area contributed by atoms with Gasteiger partial charge in [0.15, 0.2) is 0 Å². The third-order valence-corrected chi connectivity index (χ3v) is 4.55. The van der Waals surface area contributed by atoms with E-state index >= 15 is 0 Å². The third kappa shape index (κ3) is 4.60. The molecule has 1 saturated carbocycles. The predicted molar refractivity (Wildman–Crippen MR) is 74.4 cm³/mol. The largest absolute Gasteiger partial charge is 0.481 e. The number of hydrogen-bond donors (Lipinski definition) is 2. The molecular weight excluding hydrogens is 226 g/mol. The van der Waals surface area contributed by atoms with E-state index in [1.54, 1.807) is 0 Å². The molecule has 3 heteroatoms. The number of aliphatic carboxylic acids is 1. The minimum Gasteiger partial charge on any atom is -0.481 e. The van der Waals surface area contributed by atoms with Crippen molar-refractivity contribution in [2.75, 3.05) is 0 Å². The highest BCUT2D eigenvalue weighted by Gasteiger charge is 2.33. The summed E-state index contributed by atoms with van der Waals surface area (Å²) in [4.78, 5) is 11.1. The van der Waals surface area contributed by atoms with Crippen molar-refractivity contribution in [3.63, 3.8) is 0 Å². The van der Waals surface area contributed by atoms with Gasteiger partial charge in [-0.1, -0.05) is 51.9 Å². The summed E-state index contributed by atoms with van der Waals surface area (Å²) < 4.78 is 0. The Morgan fingerprint density at radius 3 is 2.50 bits per heavy atom. The molecule has 3 nitrogen and oxygen atoms in total. The lowest BCUT2D eigenvalue weighted by Gasteiger charge is -2.31. The molecule has 0 bridgehead atoms. The number of carboxylic acid groups (broad SMARTS) is 1. The van der Waals surface area contributed by atoms with Crippen molar-refractivity contribution in [3.8, 4) is 0 Å². The van der Waals surface area contributed by atoms with Gasteiger partial charge in [0.05, 0.1) is 5.92 Å². The summed E-state index contributed by atoms with van der Waals surface area (Å²) in [6, 6.07) is 0. The molecule has 1 rings (SSSR count). The van der Waals surface area contributed by atoms with Crippen molar-refractivity contribution in [2.24, 2.45) is 17.6 Å². The first-order valence-corrected chi connectivity index (χ1v) is 7.49. The van der Waals surface area contributed by atoms with E-state index in [1.807, 2.05) is 13.8 Å². The lowest BCUT2D eigenvalue weighted by atomic mass is 9.79. The Balaban J connectivity index is 2.16. The highest BCUT2D eigenvalue weighted by atomic mass is 16.4. The van der Waals surface area contributed by atoms with Crippen molar-refractivity contribution < 1.29 is 9.90 Å². The van der Waals surface area contributed by atoms with Crippen molar-refractivity contribution in [1.29, 1.82) is 0 Å². The summed E-state index contributed by atoms with van der Waals surface area (Å²) in [6.07, 6.45) is 10.6. The molecule has 0 aromatic carbocycles. The molecule has 0 radical (unpaired) electrons. The van der Waals surface area contributed by atoms with Crippen LogP contribution in [0.4, 0.5) is 0 Å². The Morgan fingerprint density at radius 1 is 1.39 bits per heavy atom. The van der Waals surface area contributed by atoms with Crippen LogP contribution < -0.4 is 5.73 Å². The molecule has 0 spiro atoms. The Labute approximate surface area is 111 Å². The summed E-state index contributed by atoms with van der Waals surface area (Å²) in [7, 11) is 0. The number of rotatable bonds is 9. The molecule has 0 aromatic rings. The summed E-state index contributed by atoms with van der Waals surface area (Å²) >= 11 is 0. The summed E-state index contributed by atoms with van der Waals surface area (Å²) in [5, 5.41) is 9.14. The van der Waals surface area contributed by atoms with E-state index in [2.05, 4.69) is 0 Å². The van der Waals surface area contributed by atoms with E-state index in [1.165, 1.54) is 38.5 Å². The molecule has 1 fully saturated rings. The predicted octanol–water partition coefficient (Wildman–Crippen LogP) is 3.57. The zero-order valence-electron chi connectivity index (χ0n) is 12.0. The Kier molecular flexibility index (Phi) is 6.13. The van der Waals surface area contributed by atoms with Gasteiger partial charge in [0.25, 0.3) is 0 Å². The maximum atomic E-state index is 11.1. The van der Waals surface area contributed by atoms with Gasteiger partial charge in [0, 0.05) is 5.54 Å². The van der Waals surface area contributed by atoms with Gasteiger partial charge in [-0.05, 0) is 25.7 Å². The molecule has 1 aliphatic carbocycles. The second-order valence-corrected chi connectivity index (χ2v) is 6.20. The smallest absolute Gasteiger partial charge is 0.308 e. The van der Waals surface area contributed by atoms with Gasteiger partial charge < -0.3 is 10.8 Å². The highest BCUT2D eigenvalue weighted by Crippen LogP contribution is 2.31. The van der Waals surface area contributed by atoms with Gasteiger partial charge in [-0.25, -0.2) is 0 Å². The van der Waals surface area contributed by atoms with E-state index < -0.39 is 17.4 Å². The Bertz CT molecular complexity index is 259. The second kappa shape index (κ2) is 7.13. The normalized spacial score (nSPS) is 21.1. The monoisotopic (exact) mass is 255 g/mol. The molecule has 2 unspecified atom stereocenters. The lowest BCUT2D eigenvalue weighted by molar-refractivity contribution is -0.144. The minimum atomic E-state index is -0.753. The molecule has 18 heavy (non-hydrogen) atoms. The van der Waals surface area contributed by atoms with Crippen molar-refractivity contribution in [3.05, 3.63) is 0 Å². The number of nitrogens with two attached hydrogens (primary N) is 1. The molecule has 0 amide bonds. The molecule has 2 atom stereocenters. The number of hydrogen-bond acceptors (Lipinski definition) is 2. The molecule has 106 valence electrons. The molecular formula is C15H29NO2. The standard InChI is InChI=1S/C15H29NO2/c1-3-13(14(17)18)15(2,16)11-6-4-5-8-12-9-7-10-12/h12-13H,3-11,16H2,1-2H3,(H,17,18). The van der Waals surface area contributed by atoms with Crippen molar-refractivity contribution >= 4 is 5.97 Å². The van der Waals surface area contributed by atoms with Gasteiger partial charge in [-0.15, -0.1) is 0 Å². The fourth-order valence-corrected chi connectivity index (χ4v) is 2.99. The third-order valence-electron chi connectivity index (χ3n) is 4.55. The van der Waals surface area contributed by atoms with Crippen LogP contribution in [0.15, 0.2) is 0 Å². The van der Waals surface area contributed by atoms with E-state index in [4.69, 9.17) is 10.8 Å². The maximum Gasteiger partial charge on any atom is 0.308 e. The van der Waals surface area contributed by atoms with E-state index in [0.717, 1.165) is 18.8 Å². The Morgan fingerprint density at radius 2 is 2.06 bits per heavy atom. The minimum absolute atomic E-state index is 0.413. The van der Waals surface area contributed by atoms with Crippen LogP contribution in [0.25, 0.3) is 0 Å². The number of carboxylic acids is 1. The van der Waals surface area contributed by atoms with Crippen LogP contribution in [0, 0.1) is 11.8 Å². The second-order valence-electron chi connectivity index (χ2n) is 6.20. The zero-order valence-corrected chi connectivity index (χ0v) is 12.0. The first-order chi connectivity index (χ1) is 8.47. The molecule has 0 aliphatic heterocycles. The van der Waals surface area contributed by atoms with Crippen LogP contribution in [0.2, 0.25) is 0 Å². The van der Waals surface area contributed by atoms with Crippen molar-refractivity contribution in [1.82, 2.24) is 0 Å². The van der Waals surface area contributed by atoms with Gasteiger partial charge in [-0.3, -0.25) is 4.79 Å². The van der Waals surface area contributed by atoms with Gasteiger partial charge >= 0.3 is 5.97 Å². The maximum absolute atomic E-state index is 11.1. The van der Waals surface area contributed by atoms with Crippen LogP contribution in [-0.2, 0) is 4.79 Å². The number of carbonyl (C=O) groups is 1. The van der Waals surface area contributed by atoms with Crippen molar-refractivity contribution in [2.45, 2.75) is 77.2 Å². The molecule has 0 saturated heterocycles. The average molecular weight is 255 g/mol. The fourth-order valence-electron chi connectivity index (χ4n) is 2.99. The average Bonchev–Trinajstić information content (AvgIpc) is 2.20. The molecule has 0 aromatic heterocycles. The van der Waals surface area contributed by atoms with Gasteiger partial charge in [-0.2, -0.15) is 0 Å². The van der Waals surface area contributed by atoms with E-state index in [0.29, 0.717) is 6.42 Å². The fraction of sp³-hybridized carbons (Fsp3) is 0.933. The van der Waals surface area contributed by atoms with Gasteiger partial charge in [0.2, 0.25) is 0 Å². The summed E-state index contributed by atoms with van der Waals surface area (Å²) in [5.41, 5.74) is 5.61. The first kappa shape index (κ1) is 15.5. The highest BCUT2D eigenvalue weighted by molar-refractivity contribution is 5.71. The quantitative estimate of drug-likeness (QED) is 0.619. The molecule has 0 heterocycles. The molecule has 1 aliphatic rings. The van der Waals surface area contributed by atoms with E-state index in [9.17, 15) is 4.79 Å². The van der Waals surface area contributed by atoms with Crippen LogP contribution in [0.5, 0.6) is 0 Å². The summed E-state index contributed by atoms with van der Waals surface area (Å²) in [5.74, 6) is -0.183. The SMILES string of the molecule is CCC(C(=O)O)C(C)(N)CCCCCC1CCC1. The Hall–Kier alpha value is -0.570. The zero-order chi connectivity index (χ0) is 13.6. The summed E-state index contributed by atoms with van der Waals surface area (Å²) in [6.45, 7) is 3.79. The first-order valence-electron chi connectivity index (χ1n) is 7.49. The van der Waals surface area contributed by atoms with E-state index in [-0.39, 0.29) is 0 Å². The number of unbranched alkanes of at least 4 members (excludes halogenated alkanes) is 2. The van der Waals surface area contributed by atoms with Crippen LogP contribution in [0.3, 0.4) is 0 Å². The van der Waals surface area contributed by atoms with Gasteiger partial charge in [0.1, 0.15) is 0 Å². The molecule has 3 N–H and O–H groups in total. The van der Waals surface area contributed by atoms with Crippen LogP contribution >= 0.6 is 0 Å². The lowest BCUT2D eigenvalue weighted by Crippen LogP contribution is -2.47.